The summed E-state index contributed by atoms with van der Waals surface area (Å²) in [7, 11) is 1.58. The van der Waals surface area contributed by atoms with Crippen LogP contribution in [0.2, 0.25) is 0 Å². The Morgan fingerprint density at radius 2 is 2.07 bits per heavy atom. The zero-order valence-electron chi connectivity index (χ0n) is 14.0. The third-order valence-electron chi connectivity index (χ3n) is 3.26. The molecule has 0 saturated heterocycles. The van der Waals surface area contributed by atoms with Crippen molar-refractivity contribution in [2.24, 2.45) is 0 Å². The van der Waals surface area contributed by atoms with Gasteiger partial charge in [-0.2, -0.15) is 0 Å². The molecule has 0 aliphatic carbocycles. The summed E-state index contributed by atoms with van der Waals surface area (Å²) in [5, 5.41) is 14.0. The molecule has 0 aliphatic heterocycles. The molecule has 6 nitrogen and oxygen atoms in total. The number of ether oxygens (including phenoxy) is 1. The minimum Gasteiger partial charge on any atom is -0.497 e. The van der Waals surface area contributed by atoms with E-state index >= 15 is 0 Å². The Hall–Kier alpha value is -2.72. The molecular weight excluding hydrogens is 394 g/mol. The molecule has 3 rings (SSSR count). The molecule has 0 unspecified atom stereocenters. The maximum absolute atomic E-state index is 13.5. The number of nitrogens with one attached hydrogen (secondary N) is 2. The summed E-state index contributed by atoms with van der Waals surface area (Å²) in [6, 6.07) is 10.2. The van der Waals surface area contributed by atoms with Crippen LogP contribution in [-0.2, 0) is 4.79 Å². The molecule has 2 aromatic carbocycles. The van der Waals surface area contributed by atoms with Crippen LogP contribution in [0.25, 0.3) is 0 Å². The van der Waals surface area contributed by atoms with E-state index in [2.05, 4.69) is 20.8 Å². The van der Waals surface area contributed by atoms with Crippen molar-refractivity contribution in [1.82, 2.24) is 10.2 Å². The number of rotatable bonds is 7. The van der Waals surface area contributed by atoms with Crippen LogP contribution in [-0.4, -0.2) is 29.0 Å². The van der Waals surface area contributed by atoms with E-state index in [1.165, 1.54) is 11.3 Å². The van der Waals surface area contributed by atoms with Gasteiger partial charge in [0.1, 0.15) is 17.4 Å². The van der Waals surface area contributed by atoms with Gasteiger partial charge >= 0.3 is 0 Å². The predicted octanol–water partition coefficient (Wildman–Crippen LogP) is 4.30. The van der Waals surface area contributed by atoms with E-state index in [4.69, 9.17) is 4.74 Å². The third kappa shape index (κ3) is 5.38. The number of methoxy groups -OCH3 is 1. The highest BCUT2D eigenvalue weighted by Gasteiger charge is 2.11. The second-order valence-electron chi connectivity index (χ2n) is 5.19. The molecular formula is C17H14F2N4O2S2. The quantitative estimate of drug-likeness (QED) is 0.568. The van der Waals surface area contributed by atoms with Crippen molar-refractivity contribution in [3.05, 3.63) is 54.1 Å². The molecule has 0 bridgehead atoms. The van der Waals surface area contributed by atoms with Gasteiger partial charge in [-0.3, -0.25) is 4.79 Å². The number of hydrogen-bond acceptors (Lipinski definition) is 7. The maximum atomic E-state index is 13.5. The molecule has 140 valence electrons. The van der Waals surface area contributed by atoms with E-state index in [1.54, 1.807) is 7.11 Å². The van der Waals surface area contributed by atoms with Crippen LogP contribution in [0, 0.1) is 11.6 Å². The molecule has 2 N–H and O–H groups in total. The summed E-state index contributed by atoms with van der Waals surface area (Å²) in [6.45, 7) is 0. The number of benzene rings is 2. The van der Waals surface area contributed by atoms with Crippen molar-refractivity contribution < 1.29 is 18.3 Å². The number of aromatic nitrogens is 2. The highest BCUT2D eigenvalue weighted by atomic mass is 32.2. The summed E-state index contributed by atoms with van der Waals surface area (Å²) < 4.78 is 32.4. The summed E-state index contributed by atoms with van der Waals surface area (Å²) in [6.07, 6.45) is 0. The van der Waals surface area contributed by atoms with Crippen molar-refractivity contribution in [2.45, 2.75) is 4.34 Å². The average molecular weight is 408 g/mol. The number of carbonyl (C=O) groups is 1. The van der Waals surface area contributed by atoms with Gasteiger partial charge in [-0.25, -0.2) is 8.78 Å². The van der Waals surface area contributed by atoms with E-state index < -0.39 is 17.5 Å². The summed E-state index contributed by atoms with van der Waals surface area (Å²) in [4.78, 5) is 11.9. The standard InChI is InChI=1S/C17H14F2N4O2S2/c1-25-12-4-2-3-11(8-12)20-16-22-23-17(27-16)26-9-15(24)21-14-7-10(18)5-6-13(14)19/h2-8H,9H2,1H3,(H,20,22)(H,21,24). The van der Waals surface area contributed by atoms with Gasteiger partial charge in [0.2, 0.25) is 11.0 Å². The van der Waals surface area contributed by atoms with E-state index in [9.17, 15) is 13.6 Å². The SMILES string of the molecule is COc1cccc(Nc2nnc(SCC(=O)Nc3cc(F)ccc3F)s2)c1. The Labute approximate surface area is 162 Å². The fourth-order valence-electron chi connectivity index (χ4n) is 2.05. The lowest BCUT2D eigenvalue weighted by Crippen LogP contribution is -2.15. The first kappa shape index (κ1) is 19.1. The number of amides is 1. The summed E-state index contributed by atoms with van der Waals surface area (Å²) in [5.74, 6) is -1.10. The molecule has 0 aliphatic rings. The molecule has 0 fully saturated rings. The van der Waals surface area contributed by atoms with Crippen LogP contribution in [0.4, 0.5) is 25.3 Å². The van der Waals surface area contributed by atoms with Crippen LogP contribution in [0.1, 0.15) is 0 Å². The molecule has 1 amide bonds. The number of hydrogen-bond donors (Lipinski definition) is 2. The van der Waals surface area contributed by atoms with Gasteiger partial charge in [-0.1, -0.05) is 29.2 Å². The topological polar surface area (TPSA) is 76.1 Å². The Kier molecular flexibility index (Phi) is 6.20. The molecule has 10 heteroatoms. The minimum absolute atomic E-state index is 0.0102. The number of carbonyl (C=O) groups excluding carboxylic acids is 1. The van der Waals surface area contributed by atoms with Crippen molar-refractivity contribution in [3.63, 3.8) is 0 Å². The van der Waals surface area contributed by atoms with Crippen molar-refractivity contribution in [1.29, 1.82) is 0 Å². The highest BCUT2D eigenvalue weighted by molar-refractivity contribution is 8.01. The van der Waals surface area contributed by atoms with E-state index in [0.29, 0.717) is 15.2 Å². The second kappa shape index (κ2) is 8.78. The van der Waals surface area contributed by atoms with Gasteiger partial charge in [0.25, 0.3) is 0 Å². The normalized spacial score (nSPS) is 10.5. The lowest BCUT2D eigenvalue weighted by Gasteiger charge is -2.05. The fraction of sp³-hybridized carbons (Fsp3) is 0.118. The highest BCUT2D eigenvalue weighted by Crippen LogP contribution is 2.29. The molecule has 1 heterocycles. The van der Waals surface area contributed by atoms with Crippen LogP contribution in [0.3, 0.4) is 0 Å². The second-order valence-corrected chi connectivity index (χ2v) is 7.39. The van der Waals surface area contributed by atoms with Crippen molar-refractivity contribution in [2.75, 3.05) is 23.5 Å². The Bertz CT molecular complexity index is 952. The van der Waals surface area contributed by atoms with Crippen LogP contribution < -0.4 is 15.4 Å². The smallest absolute Gasteiger partial charge is 0.234 e. The van der Waals surface area contributed by atoms with Crippen LogP contribution in [0.15, 0.2) is 46.8 Å². The maximum Gasteiger partial charge on any atom is 0.234 e. The van der Waals surface area contributed by atoms with E-state index in [0.717, 1.165) is 35.6 Å². The van der Waals surface area contributed by atoms with Gasteiger partial charge in [0.15, 0.2) is 4.34 Å². The first-order valence-corrected chi connectivity index (χ1v) is 9.46. The summed E-state index contributed by atoms with van der Waals surface area (Å²) >= 11 is 2.42. The largest absolute Gasteiger partial charge is 0.497 e. The van der Waals surface area contributed by atoms with Gasteiger partial charge < -0.3 is 15.4 Å². The zero-order chi connectivity index (χ0) is 19.2. The summed E-state index contributed by atoms with van der Waals surface area (Å²) in [5.41, 5.74) is 0.597. The fourth-order valence-corrected chi connectivity index (χ4v) is 3.62. The van der Waals surface area contributed by atoms with Crippen molar-refractivity contribution in [3.8, 4) is 5.75 Å². The van der Waals surface area contributed by atoms with Crippen LogP contribution in [0.5, 0.6) is 5.75 Å². The van der Waals surface area contributed by atoms with Crippen molar-refractivity contribution >= 4 is 45.5 Å². The zero-order valence-corrected chi connectivity index (χ0v) is 15.7. The monoisotopic (exact) mass is 408 g/mol. The van der Waals surface area contributed by atoms with Gasteiger partial charge in [-0.05, 0) is 24.3 Å². The minimum atomic E-state index is -0.699. The van der Waals surface area contributed by atoms with E-state index in [1.807, 2.05) is 24.3 Å². The van der Waals surface area contributed by atoms with Crippen LogP contribution >= 0.6 is 23.1 Å². The Morgan fingerprint density at radius 3 is 2.89 bits per heavy atom. The number of nitrogens with zero attached hydrogens (tertiary/aromatic N) is 2. The number of anilines is 3. The molecule has 0 radical (unpaired) electrons. The molecule has 0 saturated carbocycles. The van der Waals surface area contributed by atoms with Gasteiger partial charge in [0.05, 0.1) is 18.6 Å². The Morgan fingerprint density at radius 1 is 1.22 bits per heavy atom. The first-order valence-electron chi connectivity index (χ1n) is 7.66. The average Bonchev–Trinajstić information content (AvgIpc) is 3.10. The molecule has 27 heavy (non-hydrogen) atoms. The number of halogens is 2. The molecule has 1 aromatic heterocycles. The lowest BCUT2D eigenvalue weighted by molar-refractivity contribution is -0.113. The predicted molar refractivity (Wildman–Crippen MR) is 102 cm³/mol. The Balaban J connectivity index is 1.54. The molecule has 3 aromatic rings. The first-order chi connectivity index (χ1) is 13.0. The lowest BCUT2D eigenvalue weighted by atomic mass is 10.3. The molecule has 0 atom stereocenters. The number of thioether (sulfide) groups is 1. The molecule has 0 spiro atoms. The van der Waals surface area contributed by atoms with Gasteiger partial charge in [0, 0.05) is 17.8 Å². The van der Waals surface area contributed by atoms with Gasteiger partial charge in [-0.15, -0.1) is 10.2 Å². The third-order valence-corrected chi connectivity index (χ3v) is 5.23. The van der Waals surface area contributed by atoms with E-state index in [-0.39, 0.29) is 11.4 Å².